The van der Waals surface area contributed by atoms with E-state index in [-0.39, 0.29) is 5.91 Å². The van der Waals surface area contributed by atoms with Crippen molar-refractivity contribution in [1.82, 2.24) is 19.8 Å². The fourth-order valence-electron chi connectivity index (χ4n) is 0.979. The fourth-order valence-corrected chi connectivity index (χ4v) is 0.979. The molecule has 0 unspecified atom stereocenters. The van der Waals surface area contributed by atoms with Crippen LogP contribution < -0.4 is 5.32 Å². The van der Waals surface area contributed by atoms with Gasteiger partial charge in [-0.05, 0) is 12.1 Å². The molecule has 0 aliphatic carbocycles. The summed E-state index contributed by atoms with van der Waals surface area (Å²) in [6.07, 6.45) is 1.60. The molecule has 2 heterocycles. The number of rotatable bonds is 1. The van der Waals surface area contributed by atoms with E-state index in [1.165, 1.54) is 11.4 Å². The van der Waals surface area contributed by atoms with Crippen molar-refractivity contribution < 1.29 is 4.79 Å². The fraction of sp³-hybridized carbons (Fsp3) is 0.143. The highest BCUT2D eigenvalue weighted by Crippen LogP contribution is 2.03. The van der Waals surface area contributed by atoms with Crippen LogP contribution in [-0.4, -0.2) is 25.7 Å². The molecule has 1 N–H and O–H groups in total. The number of hydrogen-bond donors (Lipinski definition) is 1. The maximum absolute atomic E-state index is 10.7. The standard InChI is InChI=1S/C7H7N5O/c1-5(13)9-7-11-10-6-3-2-4-8-12(6)7/h2-4H,1H3,(H,9,11,13). The molecule has 0 bridgehead atoms. The lowest BCUT2D eigenvalue weighted by molar-refractivity contribution is -0.114. The molecule has 6 heteroatoms. The Morgan fingerprint density at radius 2 is 2.38 bits per heavy atom. The Morgan fingerprint density at radius 1 is 1.54 bits per heavy atom. The molecular weight excluding hydrogens is 170 g/mol. The Kier molecular flexibility index (Phi) is 1.66. The van der Waals surface area contributed by atoms with E-state index < -0.39 is 0 Å². The molecule has 2 rings (SSSR count). The zero-order chi connectivity index (χ0) is 9.26. The largest absolute Gasteiger partial charge is 0.293 e. The lowest BCUT2D eigenvalue weighted by Crippen LogP contribution is -2.09. The van der Waals surface area contributed by atoms with Crippen LogP contribution >= 0.6 is 0 Å². The Morgan fingerprint density at radius 3 is 3.15 bits per heavy atom. The van der Waals surface area contributed by atoms with Gasteiger partial charge >= 0.3 is 0 Å². The number of carbonyl (C=O) groups excluding carboxylic acids is 1. The highest BCUT2D eigenvalue weighted by atomic mass is 16.1. The van der Waals surface area contributed by atoms with Crippen molar-refractivity contribution in [2.75, 3.05) is 5.32 Å². The second kappa shape index (κ2) is 2.81. The summed E-state index contributed by atoms with van der Waals surface area (Å²) in [5.74, 6) is 0.142. The monoisotopic (exact) mass is 177 g/mol. The molecule has 0 saturated heterocycles. The average Bonchev–Trinajstić information content (AvgIpc) is 2.48. The van der Waals surface area contributed by atoms with Gasteiger partial charge in [0.05, 0.1) is 0 Å². The molecule has 0 atom stereocenters. The molecule has 0 aliphatic rings. The van der Waals surface area contributed by atoms with E-state index in [0.29, 0.717) is 11.6 Å². The summed E-state index contributed by atoms with van der Waals surface area (Å²) in [7, 11) is 0. The second-order valence-corrected chi connectivity index (χ2v) is 2.50. The van der Waals surface area contributed by atoms with Crippen molar-refractivity contribution in [1.29, 1.82) is 0 Å². The van der Waals surface area contributed by atoms with Crippen molar-refractivity contribution in [3.63, 3.8) is 0 Å². The lowest BCUT2D eigenvalue weighted by Gasteiger charge is -1.96. The third kappa shape index (κ3) is 1.33. The summed E-state index contributed by atoms with van der Waals surface area (Å²) in [5.41, 5.74) is 0.603. The molecule has 0 aromatic carbocycles. The van der Waals surface area contributed by atoms with Crippen LogP contribution in [0.25, 0.3) is 5.65 Å². The lowest BCUT2D eigenvalue weighted by atomic mass is 10.6. The molecule has 0 fully saturated rings. The van der Waals surface area contributed by atoms with E-state index in [1.54, 1.807) is 18.3 Å². The van der Waals surface area contributed by atoms with E-state index in [0.717, 1.165) is 0 Å². The van der Waals surface area contributed by atoms with Gasteiger partial charge in [-0.25, -0.2) is 0 Å². The van der Waals surface area contributed by atoms with Crippen LogP contribution in [0.4, 0.5) is 5.95 Å². The number of fused-ring (bicyclic) bond motifs is 1. The quantitative estimate of drug-likeness (QED) is 0.669. The van der Waals surface area contributed by atoms with Crippen LogP contribution in [0.1, 0.15) is 6.92 Å². The van der Waals surface area contributed by atoms with E-state index in [9.17, 15) is 4.79 Å². The van der Waals surface area contributed by atoms with Crippen LogP contribution in [0.2, 0.25) is 0 Å². The van der Waals surface area contributed by atoms with Crippen LogP contribution in [0.15, 0.2) is 18.3 Å². The van der Waals surface area contributed by atoms with E-state index in [2.05, 4.69) is 20.6 Å². The summed E-state index contributed by atoms with van der Waals surface area (Å²) >= 11 is 0. The van der Waals surface area contributed by atoms with Gasteiger partial charge < -0.3 is 0 Å². The van der Waals surface area contributed by atoms with Gasteiger partial charge in [-0.15, -0.1) is 10.2 Å². The summed E-state index contributed by atoms with van der Waals surface area (Å²) in [4.78, 5) is 10.7. The number of anilines is 1. The van der Waals surface area contributed by atoms with Gasteiger partial charge in [-0.1, -0.05) is 0 Å². The molecule has 2 aromatic heterocycles. The highest BCUT2D eigenvalue weighted by Gasteiger charge is 2.05. The first kappa shape index (κ1) is 7.66. The van der Waals surface area contributed by atoms with Crippen LogP contribution in [-0.2, 0) is 4.79 Å². The third-order valence-corrected chi connectivity index (χ3v) is 1.47. The van der Waals surface area contributed by atoms with Crippen LogP contribution in [0, 0.1) is 0 Å². The number of nitrogens with one attached hydrogen (secondary N) is 1. The summed E-state index contributed by atoms with van der Waals surface area (Å²) in [6, 6.07) is 3.51. The first-order valence-corrected chi connectivity index (χ1v) is 3.71. The number of nitrogens with zero attached hydrogens (tertiary/aromatic N) is 4. The van der Waals surface area contributed by atoms with Gasteiger partial charge in [0.15, 0.2) is 5.65 Å². The molecule has 66 valence electrons. The number of amides is 1. The molecular formula is C7H7N5O. The minimum Gasteiger partial charge on any atom is -0.293 e. The van der Waals surface area contributed by atoms with Gasteiger partial charge in [-0.3, -0.25) is 10.1 Å². The number of aromatic nitrogens is 4. The van der Waals surface area contributed by atoms with Crippen LogP contribution in [0.5, 0.6) is 0 Å². The molecule has 6 nitrogen and oxygen atoms in total. The summed E-state index contributed by atoms with van der Waals surface area (Å²) < 4.78 is 1.46. The zero-order valence-electron chi connectivity index (χ0n) is 6.93. The summed E-state index contributed by atoms with van der Waals surface area (Å²) in [5, 5.41) is 14.0. The molecule has 2 aromatic rings. The average molecular weight is 177 g/mol. The Hall–Kier alpha value is -1.98. The van der Waals surface area contributed by atoms with Gasteiger partial charge in [0.25, 0.3) is 5.95 Å². The number of carbonyl (C=O) groups is 1. The topological polar surface area (TPSA) is 72.2 Å². The Labute approximate surface area is 73.6 Å². The zero-order valence-corrected chi connectivity index (χ0v) is 6.93. The normalized spacial score (nSPS) is 10.2. The van der Waals surface area contributed by atoms with Gasteiger partial charge in [0, 0.05) is 13.1 Å². The van der Waals surface area contributed by atoms with Crippen molar-refractivity contribution >= 4 is 17.5 Å². The van der Waals surface area contributed by atoms with Crippen molar-refractivity contribution in [3.8, 4) is 0 Å². The van der Waals surface area contributed by atoms with Crippen molar-refractivity contribution in [3.05, 3.63) is 18.3 Å². The van der Waals surface area contributed by atoms with E-state index in [4.69, 9.17) is 0 Å². The Balaban J connectivity index is 2.51. The maximum atomic E-state index is 10.7. The summed E-state index contributed by atoms with van der Waals surface area (Å²) in [6.45, 7) is 1.41. The predicted octanol–water partition coefficient (Wildman–Crippen LogP) is 0.0827. The predicted molar refractivity (Wildman–Crippen MR) is 45.1 cm³/mol. The highest BCUT2D eigenvalue weighted by molar-refractivity contribution is 5.86. The van der Waals surface area contributed by atoms with Gasteiger partial charge in [0.2, 0.25) is 5.91 Å². The molecule has 1 amide bonds. The van der Waals surface area contributed by atoms with Crippen LogP contribution in [0.3, 0.4) is 0 Å². The number of hydrogen-bond acceptors (Lipinski definition) is 4. The van der Waals surface area contributed by atoms with Crippen molar-refractivity contribution in [2.45, 2.75) is 6.92 Å². The van der Waals surface area contributed by atoms with Gasteiger partial charge in [0.1, 0.15) is 0 Å². The molecule has 0 spiro atoms. The minimum atomic E-state index is -0.194. The first-order valence-electron chi connectivity index (χ1n) is 3.71. The van der Waals surface area contributed by atoms with Gasteiger partial charge in [-0.2, -0.15) is 9.61 Å². The smallest absolute Gasteiger partial charge is 0.252 e. The second-order valence-electron chi connectivity index (χ2n) is 2.50. The SMILES string of the molecule is CC(=O)Nc1nnc2cccnn12. The molecule has 0 saturated carbocycles. The third-order valence-electron chi connectivity index (χ3n) is 1.47. The Bertz CT molecular complexity index is 449. The molecule has 0 radical (unpaired) electrons. The minimum absolute atomic E-state index is 0.194. The van der Waals surface area contributed by atoms with Crippen molar-refractivity contribution in [2.24, 2.45) is 0 Å². The van der Waals surface area contributed by atoms with E-state index >= 15 is 0 Å². The maximum Gasteiger partial charge on any atom is 0.252 e. The first-order chi connectivity index (χ1) is 6.27. The molecule has 0 aliphatic heterocycles. The molecule has 13 heavy (non-hydrogen) atoms. The van der Waals surface area contributed by atoms with E-state index in [1.807, 2.05) is 0 Å².